The molecule has 0 radical (unpaired) electrons. The van der Waals surface area contributed by atoms with E-state index in [0.29, 0.717) is 11.6 Å². The number of likely N-dealkylation sites (tertiary alicyclic amines) is 1. The zero-order chi connectivity index (χ0) is 17.2. The molecule has 1 aliphatic carbocycles. The SMILES string of the molecule is Cc1cncc(C(=O)N2CCCC2CCc2nncn2CC2CC2)c1. The highest BCUT2D eigenvalue weighted by Gasteiger charge is 2.30. The Morgan fingerprint density at radius 1 is 1.28 bits per heavy atom. The first-order chi connectivity index (χ1) is 12.2. The van der Waals surface area contributed by atoms with E-state index in [2.05, 4.69) is 19.7 Å². The van der Waals surface area contributed by atoms with E-state index in [-0.39, 0.29) is 5.91 Å². The van der Waals surface area contributed by atoms with E-state index < -0.39 is 0 Å². The molecule has 0 bridgehead atoms. The Balaban J connectivity index is 1.40. The van der Waals surface area contributed by atoms with Crippen LogP contribution in [0, 0.1) is 12.8 Å². The molecule has 1 saturated heterocycles. The molecular formula is C19H25N5O. The fraction of sp³-hybridized carbons (Fsp3) is 0.579. The highest BCUT2D eigenvalue weighted by atomic mass is 16.2. The van der Waals surface area contributed by atoms with Gasteiger partial charge >= 0.3 is 0 Å². The zero-order valence-electron chi connectivity index (χ0n) is 14.8. The number of hydrogen-bond acceptors (Lipinski definition) is 4. The molecule has 0 aromatic carbocycles. The Bertz CT molecular complexity index is 752. The Morgan fingerprint density at radius 3 is 2.96 bits per heavy atom. The van der Waals surface area contributed by atoms with Crippen molar-refractivity contribution in [1.29, 1.82) is 0 Å². The highest BCUT2D eigenvalue weighted by Crippen LogP contribution is 2.31. The van der Waals surface area contributed by atoms with Gasteiger partial charge in [-0.05, 0) is 56.6 Å². The molecule has 1 amide bonds. The summed E-state index contributed by atoms with van der Waals surface area (Å²) in [5.74, 6) is 1.98. The lowest BCUT2D eigenvalue weighted by Crippen LogP contribution is -2.36. The topological polar surface area (TPSA) is 63.9 Å². The van der Waals surface area contributed by atoms with Gasteiger partial charge in [0.25, 0.3) is 5.91 Å². The van der Waals surface area contributed by atoms with Gasteiger partial charge < -0.3 is 9.47 Å². The van der Waals surface area contributed by atoms with Gasteiger partial charge in [-0.1, -0.05) is 0 Å². The van der Waals surface area contributed by atoms with Crippen LogP contribution in [0.15, 0.2) is 24.8 Å². The van der Waals surface area contributed by atoms with Crippen LogP contribution < -0.4 is 0 Å². The Labute approximate surface area is 148 Å². The molecule has 6 heteroatoms. The first-order valence-electron chi connectivity index (χ1n) is 9.30. The van der Waals surface area contributed by atoms with Gasteiger partial charge in [-0.2, -0.15) is 0 Å². The molecule has 0 spiro atoms. The number of hydrogen-bond donors (Lipinski definition) is 0. The van der Waals surface area contributed by atoms with Crippen LogP contribution in [0.25, 0.3) is 0 Å². The number of pyridine rings is 1. The Hall–Kier alpha value is -2.24. The number of aromatic nitrogens is 4. The highest BCUT2D eigenvalue weighted by molar-refractivity contribution is 5.94. The lowest BCUT2D eigenvalue weighted by molar-refractivity contribution is 0.0729. The first kappa shape index (κ1) is 16.2. The van der Waals surface area contributed by atoms with Crippen LogP contribution in [0.5, 0.6) is 0 Å². The molecule has 1 saturated carbocycles. The maximum atomic E-state index is 12.8. The average molecular weight is 339 g/mol. The molecule has 0 N–H and O–H groups in total. The van der Waals surface area contributed by atoms with Crippen LogP contribution in [0.1, 0.15) is 53.8 Å². The van der Waals surface area contributed by atoms with E-state index in [9.17, 15) is 4.79 Å². The van der Waals surface area contributed by atoms with Crippen molar-refractivity contribution in [3.63, 3.8) is 0 Å². The van der Waals surface area contributed by atoms with Gasteiger partial charge in [0, 0.05) is 37.9 Å². The largest absolute Gasteiger partial charge is 0.336 e. The van der Waals surface area contributed by atoms with Gasteiger partial charge in [-0.3, -0.25) is 9.78 Å². The summed E-state index contributed by atoms with van der Waals surface area (Å²) < 4.78 is 2.20. The zero-order valence-corrected chi connectivity index (χ0v) is 14.8. The molecule has 1 aliphatic heterocycles. The van der Waals surface area contributed by atoms with Crippen molar-refractivity contribution in [3.8, 4) is 0 Å². The average Bonchev–Trinajstić information content (AvgIpc) is 3.12. The van der Waals surface area contributed by atoms with E-state index >= 15 is 0 Å². The van der Waals surface area contributed by atoms with E-state index in [1.54, 1.807) is 12.4 Å². The minimum absolute atomic E-state index is 0.109. The van der Waals surface area contributed by atoms with Crippen LogP contribution in [-0.2, 0) is 13.0 Å². The number of nitrogens with zero attached hydrogens (tertiary/aromatic N) is 5. The van der Waals surface area contributed by atoms with E-state index in [4.69, 9.17) is 0 Å². The van der Waals surface area contributed by atoms with Gasteiger partial charge in [0.15, 0.2) is 0 Å². The number of aryl methyl sites for hydroxylation is 2. The number of rotatable bonds is 6. The third-order valence-electron chi connectivity index (χ3n) is 5.31. The van der Waals surface area contributed by atoms with E-state index in [1.807, 2.05) is 24.2 Å². The smallest absolute Gasteiger partial charge is 0.255 e. The monoisotopic (exact) mass is 339 g/mol. The van der Waals surface area contributed by atoms with Crippen LogP contribution in [0.2, 0.25) is 0 Å². The minimum atomic E-state index is 0.109. The minimum Gasteiger partial charge on any atom is -0.336 e. The molecular weight excluding hydrogens is 314 g/mol. The normalized spacial score (nSPS) is 20.2. The fourth-order valence-electron chi connectivity index (χ4n) is 3.74. The van der Waals surface area contributed by atoms with Gasteiger partial charge in [-0.25, -0.2) is 0 Å². The molecule has 4 rings (SSSR count). The standard InChI is InChI=1S/C19H25N5O/c1-14-9-16(11-20-10-14)19(25)24-8-2-3-17(24)6-7-18-22-21-13-23(18)12-15-4-5-15/h9-11,13,15,17H,2-8,12H2,1H3. The summed E-state index contributed by atoms with van der Waals surface area (Å²) in [7, 11) is 0. The van der Waals surface area contributed by atoms with Gasteiger partial charge in [0.2, 0.25) is 0 Å². The van der Waals surface area contributed by atoms with Crippen LogP contribution in [0.4, 0.5) is 0 Å². The number of amides is 1. The molecule has 132 valence electrons. The summed E-state index contributed by atoms with van der Waals surface area (Å²) in [6, 6.07) is 2.22. The van der Waals surface area contributed by atoms with Crippen LogP contribution in [0.3, 0.4) is 0 Å². The molecule has 25 heavy (non-hydrogen) atoms. The maximum absolute atomic E-state index is 12.8. The number of carbonyl (C=O) groups excluding carboxylic acids is 1. The molecule has 3 heterocycles. The molecule has 1 atom stereocenters. The van der Waals surface area contributed by atoms with Crippen molar-refractivity contribution in [2.75, 3.05) is 6.54 Å². The fourth-order valence-corrected chi connectivity index (χ4v) is 3.74. The summed E-state index contributed by atoms with van der Waals surface area (Å²) >= 11 is 0. The van der Waals surface area contributed by atoms with E-state index in [0.717, 1.165) is 56.1 Å². The molecule has 2 aliphatic rings. The summed E-state index contributed by atoms with van der Waals surface area (Å²) in [6.45, 7) is 3.86. The van der Waals surface area contributed by atoms with Gasteiger partial charge in [0.1, 0.15) is 12.2 Å². The van der Waals surface area contributed by atoms with Crippen LogP contribution in [-0.4, -0.2) is 43.1 Å². The van der Waals surface area contributed by atoms with Crippen molar-refractivity contribution >= 4 is 5.91 Å². The lowest BCUT2D eigenvalue weighted by atomic mass is 10.1. The second kappa shape index (κ2) is 6.94. The predicted octanol–water partition coefficient (Wildman–Crippen LogP) is 2.63. The Kier molecular flexibility index (Phi) is 4.51. The van der Waals surface area contributed by atoms with Gasteiger partial charge in [-0.15, -0.1) is 10.2 Å². The van der Waals surface area contributed by atoms with E-state index in [1.165, 1.54) is 12.8 Å². The molecule has 2 aromatic rings. The maximum Gasteiger partial charge on any atom is 0.255 e. The number of carbonyl (C=O) groups is 1. The Morgan fingerprint density at radius 2 is 2.16 bits per heavy atom. The molecule has 2 aromatic heterocycles. The van der Waals surface area contributed by atoms with Crippen molar-refractivity contribution in [2.45, 2.75) is 58.0 Å². The second-order valence-corrected chi connectivity index (χ2v) is 7.43. The summed E-state index contributed by atoms with van der Waals surface area (Å²) in [5, 5.41) is 8.38. The third-order valence-corrected chi connectivity index (χ3v) is 5.31. The first-order valence-corrected chi connectivity index (χ1v) is 9.30. The summed E-state index contributed by atoms with van der Waals surface area (Å²) in [5.41, 5.74) is 1.72. The van der Waals surface area contributed by atoms with Crippen molar-refractivity contribution in [3.05, 3.63) is 41.7 Å². The molecule has 1 unspecified atom stereocenters. The second-order valence-electron chi connectivity index (χ2n) is 7.43. The summed E-state index contributed by atoms with van der Waals surface area (Å²) in [6.07, 6.45) is 11.9. The molecule has 2 fully saturated rings. The van der Waals surface area contributed by atoms with Crippen molar-refractivity contribution in [1.82, 2.24) is 24.6 Å². The van der Waals surface area contributed by atoms with Crippen molar-refractivity contribution in [2.24, 2.45) is 5.92 Å². The lowest BCUT2D eigenvalue weighted by Gasteiger charge is -2.24. The molecule has 6 nitrogen and oxygen atoms in total. The summed E-state index contributed by atoms with van der Waals surface area (Å²) in [4.78, 5) is 19.0. The van der Waals surface area contributed by atoms with Crippen LogP contribution >= 0.6 is 0 Å². The predicted molar refractivity (Wildman–Crippen MR) is 94.1 cm³/mol. The van der Waals surface area contributed by atoms with Gasteiger partial charge in [0.05, 0.1) is 5.56 Å². The van der Waals surface area contributed by atoms with Crippen molar-refractivity contribution < 1.29 is 4.79 Å². The quantitative estimate of drug-likeness (QED) is 0.811. The third kappa shape index (κ3) is 3.72.